The number of rotatable bonds is 5. The maximum atomic E-state index is 13.1. The maximum absolute atomic E-state index is 13.1. The van der Waals surface area contributed by atoms with Gasteiger partial charge in [0.2, 0.25) is 5.91 Å². The number of hydrogen-bond donors (Lipinski definition) is 2. The van der Waals surface area contributed by atoms with E-state index in [0.29, 0.717) is 5.56 Å². The van der Waals surface area contributed by atoms with Gasteiger partial charge in [0, 0.05) is 0 Å². The standard InChI is InChI=1S/C25H25N3O3/c1-16-11-13-19(14-12-16)25(3)23(30)28(24(31)27-25)15-22(29)26-17(2)20-10-6-8-18-7-4-5-9-21(18)20/h4-14,17H,15H2,1-3H3,(H,26,29)(H,27,31). The zero-order valence-corrected chi connectivity index (χ0v) is 17.8. The third kappa shape index (κ3) is 3.77. The van der Waals surface area contributed by atoms with Gasteiger partial charge in [-0.25, -0.2) is 4.79 Å². The number of amides is 4. The molecule has 0 aromatic heterocycles. The van der Waals surface area contributed by atoms with Crippen LogP contribution in [0.3, 0.4) is 0 Å². The highest BCUT2D eigenvalue weighted by molar-refractivity contribution is 6.09. The molecule has 0 bridgehead atoms. The van der Waals surface area contributed by atoms with Gasteiger partial charge in [0.25, 0.3) is 5.91 Å². The van der Waals surface area contributed by atoms with E-state index >= 15 is 0 Å². The van der Waals surface area contributed by atoms with Crippen LogP contribution in [0.4, 0.5) is 4.79 Å². The molecule has 4 amide bonds. The minimum absolute atomic E-state index is 0.275. The first-order valence-corrected chi connectivity index (χ1v) is 10.3. The van der Waals surface area contributed by atoms with E-state index in [1.54, 1.807) is 6.92 Å². The lowest BCUT2D eigenvalue weighted by atomic mass is 9.91. The molecule has 0 saturated carbocycles. The summed E-state index contributed by atoms with van der Waals surface area (Å²) in [6, 6.07) is 20.5. The fourth-order valence-corrected chi connectivity index (χ4v) is 4.06. The van der Waals surface area contributed by atoms with Crippen LogP contribution in [0.2, 0.25) is 0 Å². The van der Waals surface area contributed by atoms with E-state index in [-0.39, 0.29) is 12.6 Å². The summed E-state index contributed by atoms with van der Waals surface area (Å²) >= 11 is 0. The van der Waals surface area contributed by atoms with E-state index in [1.807, 2.05) is 80.6 Å². The summed E-state index contributed by atoms with van der Waals surface area (Å²) in [5.41, 5.74) is 1.53. The first-order valence-electron chi connectivity index (χ1n) is 10.3. The molecular weight excluding hydrogens is 390 g/mol. The summed E-state index contributed by atoms with van der Waals surface area (Å²) in [6.07, 6.45) is 0. The molecule has 0 aliphatic carbocycles. The predicted molar refractivity (Wildman–Crippen MR) is 119 cm³/mol. The Morgan fingerprint density at radius 3 is 2.45 bits per heavy atom. The molecule has 3 aromatic rings. The zero-order chi connectivity index (χ0) is 22.2. The Kier molecular flexibility index (Phi) is 5.23. The Morgan fingerprint density at radius 2 is 1.71 bits per heavy atom. The van der Waals surface area contributed by atoms with Crippen LogP contribution < -0.4 is 10.6 Å². The number of urea groups is 1. The van der Waals surface area contributed by atoms with Gasteiger partial charge in [0.15, 0.2) is 0 Å². The van der Waals surface area contributed by atoms with Crippen LogP contribution in [0.15, 0.2) is 66.7 Å². The third-order valence-corrected chi connectivity index (χ3v) is 5.87. The summed E-state index contributed by atoms with van der Waals surface area (Å²) in [7, 11) is 0. The number of carbonyl (C=O) groups excluding carboxylic acids is 3. The van der Waals surface area contributed by atoms with Gasteiger partial charge in [0.05, 0.1) is 6.04 Å². The van der Waals surface area contributed by atoms with Gasteiger partial charge >= 0.3 is 6.03 Å². The van der Waals surface area contributed by atoms with Gasteiger partial charge in [-0.05, 0) is 42.7 Å². The first kappa shape index (κ1) is 20.6. The molecule has 1 aliphatic rings. The Hall–Kier alpha value is -3.67. The molecule has 1 aliphatic heterocycles. The fraction of sp³-hybridized carbons (Fsp3) is 0.240. The second kappa shape index (κ2) is 7.87. The maximum Gasteiger partial charge on any atom is 0.325 e. The highest BCUT2D eigenvalue weighted by Crippen LogP contribution is 2.29. The number of nitrogens with one attached hydrogen (secondary N) is 2. The Labute approximate surface area is 181 Å². The van der Waals surface area contributed by atoms with Crippen molar-refractivity contribution in [2.75, 3.05) is 6.54 Å². The van der Waals surface area contributed by atoms with Crippen LogP contribution >= 0.6 is 0 Å². The predicted octanol–water partition coefficient (Wildman–Crippen LogP) is 3.79. The molecule has 2 unspecified atom stereocenters. The van der Waals surface area contributed by atoms with Crippen molar-refractivity contribution in [3.05, 3.63) is 83.4 Å². The van der Waals surface area contributed by atoms with Crippen LogP contribution in [0.5, 0.6) is 0 Å². The minimum Gasteiger partial charge on any atom is -0.348 e. The molecule has 1 saturated heterocycles. The van der Waals surface area contributed by atoms with Crippen LogP contribution in [-0.2, 0) is 15.1 Å². The third-order valence-electron chi connectivity index (χ3n) is 5.87. The topological polar surface area (TPSA) is 78.5 Å². The van der Waals surface area contributed by atoms with Crippen molar-refractivity contribution in [2.45, 2.75) is 32.4 Å². The molecule has 2 N–H and O–H groups in total. The van der Waals surface area contributed by atoms with E-state index < -0.39 is 23.4 Å². The van der Waals surface area contributed by atoms with Crippen molar-refractivity contribution in [1.29, 1.82) is 0 Å². The number of hydrogen-bond acceptors (Lipinski definition) is 3. The number of aryl methyl sites for hydroxylation is 1. The summed E-state index contributed by atoms with van der Waals surface area (Å²) in [6.45, 7) is 5.17. The monoisotopic (exact) mass is 415 g/mol. The van der Waals surface area contributed by atoms with Crippen LogP contribution in [0.1, 0.15) is 36.6 Å². The van der Waals surface area contributed by atoms with E-state index in [2.05, 4.69) is 10.6 Å². The summed E-state index contributed by atoms with van der Waals surface area (Å²) in [4.78, 5) is 39.3. The molecule has 1 heterocycles. The van der Waals surface area contributed by atoms with Crippen molar-refractivity contribution in [2.24, 2.45) is 0 Å². The SMILES string of the molecule is Cc1ccc(C2(C)NC(=O)N(CC(=O)NC(C)c3cccc4ccccc34)C2=O)cc1. The van der Waals surface area contributed by atoms with Crippen molar-refractivity contribution >= 4 is 28.6 Å². The largest absolute Gasteiger partial charge is 0.348 e. The molecular formula is C25H25N3O3. The van der Waals surface area contributed by atoms with Crippen LogP contribution in [0.25, 0.3) is 10.8 Å². The Balaban J connectivity index is 1.49. The molecule has 31 heavy (non-hydrogen) atoms. The zero-order valence-electron chi connectivity index (χ0n) is 17.8. The highest BCUT2D eigenvalue weighted by atomic mass is 16.2. The van der Waals surface area contributed by atoms with Gasteiger partial charge in [-0.2, -0.15) is 0 Å². The Bertz CT molecular complexity index is 1170. The lowest BCUT2D eigenvalue weighted by Crippen LogP contribution is -2.43. The number of imide groups is 1. The first-order chi connectivity index (χ1) is 14.8. The minimum atomic E-state index is -1.19. The quantitative estimate of drug-likeness (QED) is 0.623. The lowest BCUT2D eigenvalue weighted by molar-refractivity contribution is -0.135. The fourth-order valence-electron chi connectivity index (χ4n) is 4.06. The van der Waals surface area contributed by atoms with Gasteiger partial charge < -0.3 is 10.6 Å². The Morgan fingerprint density at radius 1 is 1.03 bits per heavy atom. The second-order valence-corrected chi connectivity index (χ2v) is 8.17. The average molecular weight is 415 g/mol. The average Bonchev–Trinajstić information content (AvgIpc) is 2.97. The van der Waals surface area contributed by atoms with E-state index in [4.69, 9.17) is 0 Å². The molecule has 2 atom stereocenters. The van der Waals surface area contributed by atoms with Gasteiger partial charge in [-0.15, -0.1) is 0 Å². The molecule has 0 radical (unpaired) electrons. The van der Waals surface area contributed by atoms with Crippen molar-refractivity contribution in [1.82, 2.24) is 15.5 Å². The summed E-state index contributed by atoms with van der Waals surface area (Å²) in [5.74, 6) is -0.827. The molecule has 1 fully saturated rings. The number of benzene rings is 3. The van der Waals surface area contributed by atoms with E-state index in [1.165, 1.54) is 0 Å². The second-order valence-electron chi connectivity index (χ2n) is 8.17. The number of nitrogens with zero attached hydrogens (tertiary/aromatic N) is 1. The van der Waals surface area contributed by atoms with Crippen molar-refractivity contribution in [3.8, 4) is 0 Å². The van der Waals surface area contributed by atoms with E-state index in [9.17, 15) is 14.4 Å². The molecule has 6 nitrogen and oxygen atoms in total. The van der Waals surface area contributed by atoms with Crippen molar-refractivity contribution < 1.29 is 14.4 Å². The van der Waals surface area contributed by atoms with Gasteiger partial charge in [-0.1, -0.05) is 72.3 Å². The van der Waals surface area contributed by atoms with Crippen LogP contribution in [0, 0.1) is 6.92 Å². The smallest absolute Gasteiger partial charge is 0.325 e. The molecule has 6 heteroatoms. The van der Waals surface area contributed by atoms with Gasteiger partial charge in [0.1, 0.15) is 12.1 Å². The normalized spacial score (nSPS) is 19.4. The molecule has 3 aromatic carbocycles. The molecule has 158 valence electrons. The van der Waals surface area contributed by atoms with Crippen molar-refractivity contribution in [3.63, 3.8) is 0 Å². The van der Waals surface area contributed by atoms with E-state index in [0.717, 1.165) is 26.8 Å². The molecule has 4 rings (SSSR count). The number of fused-ring (bicyclic) bond motifs is 1. The van der Waals surface area contributed by atoms with Crippen LogP contribution in [-0.4, -0.2) is 29.3 Å². The summed E-state index contributed by atoms with van der Waals surface area (Å²) in [5, 5.41) is 7.80. The van der Waals surface area contributed by atoms with Gasteiger partial charge in [-0.3, -0.25) is 14.5 Å². The highest BCUT2D eigenvalue weighted by Gasteiger charge is 2.49. The molecule has 0 spiro atoms. The lowest BCUT2D eigenvalue weighted by Gasteiger charge is -2.22. The summed E-state index contributed by atoms with van der Waals surface area (Å²) < 4.78 is 0. The number of carbonyl (C=O) groups is 3.